The topological polar surface area (TPSA) is 132 Å². The van der Waals surface area contributed by atoms with Crippen molar-refractivity contribution in [3.8, 4) is 0 Å². The van der Waals surface area contributed by atoms with Crippen molar-refractivity contribution in [3.63, 3.8) is 0 Å². The van der Waals surface area contributed by atoms with Gasteiger partial charge in [0.05, 0.1) is 6.33 Å². The first-order chi connectivity index (χ1) is 9.00. The lowest BCUT2D eigenvalue weighted by molar-refractivity contribution is 0.569. The summed E-state index contributed by atoms with van der Waals surface area (Å²) >= 11 is 0. The van der Waals surface area contributed by atoms with Crippen LogP contribution in [-0.2, 0) is 23.5 Å². The van der Waals surface area contributed by atoms with Crippen molar-refractivity contribution >= 4 is 15.8 Å². The Morgan fingerprint density at radius 1 is 1.47 bits per heavy atom. The number of anilines is 1. The van der Waals surface area contributed by atoms with Crippen LogP contribution in [0.5, 0.6) is 0 Å². The zero-order chi connectivity index (χ0) is 13.9. The minimum atomic E-state index is -3.64. The summed E-state index contributed by atoms with van der Waals surface area (Å²) in [5.41, 5.74) is 5.53. The first-order valence-electron chi connectivity index (χ1n) is 5.61. The van der Waals surface area contributed by atoms with Crippen LogP contribution >= 0.6 is 0 Å². The number of rotatable bonds is 6. The molecule has 0 radical (unpaired) electrons. The average Bonchev–Trinajstić information content (AvgIpc) is 2.95. The predicted molar refractivity (Wildman–Crippen MR) is 67.5 cm³/mol. The zero-order valence-electron chi connectivity index (χ0n) is 10.4. The molecule has 0 spiro atoms. The van der Waals surface area contributed by atoms with Crippen molar-refractivity contribution in [2.45, 2.75) is 17.9 Å². The van der Waals surface area contributed by atoms with Gasteiger partial charge in [-0.1, -0.05) is 0 Å². The molecule has 10 heteroatoms. The second-order valence-electron chi connectivity index (χ2n) is 3.98. The minimum Gasteiger partial charge on any atom is -0.381 e. The van der Waals surface area contributed by atoms with E-state index in [0.717, 1.165) is 5.82 Å². The van der Waals surface area contributed by atoms with Crippen LogP contribution < -0.4 is 10.5 Å². The Bertz CT molecular complexity index is 612. The Hall–Kier alpha value is -1.94. The molecule has 2 rings (SSSR count). The predicted octanol–water partition coefficient (Wildman–Crippen LogP) is -0.968. The van der Waals surface area contributed by atoms with Gasteiger partial charge in [-0.25, -0.2) is 23.1 Å². The summed E-state index contributed by atoms with van der Waals surface area (Å²) in [4.78, 5) is 7.70. The quantitative estimate of drug-likeness (QED) is 0.585. The molecular weight excluding hydrogens is 270 g/mol. The fourth-order valence-electron chi connectivity index (χ4n) is 1.65. The van der Waals surface area contributed by atoms with Crippen molar-refractivity contribution in [2.24, 2.45) is 7.05 Å². The smallest absolute Gasteiger partial charge is 0.260 e. The minimum absolute atomic E-state index is 0.00904. The SMILES string of the molecule is Cn1cnc(N)c1S(=O)(=O)NCCCc1ncn[nH]1. The number of nitrogens with two attached hydrogens (primary N) is 1. The van der Waals surface area contributed by atoms with Crippen LogP contribution in [0.2, 0.25) is 0 Å². The van der Waals surface area contributed by atoms with Gasteiger partial charge in [-0.15, -0.1) is 0 Å². The Kier molecular flexibility index (Phi) is 3.81. The highest BCUT2D eigenvalue weighted by atomic mass is 32.2. The molecule has 0 unspecified atom stereocenters. The summed E-state index contributed by atoms with van der Waals surface area (Å²) in [5.74, 6) is 0.712. The van der Waals surface area contributed by atoms with Crippen LogP contribution in [0, 0.1) is 0 Å². The maximum absolute atomic E-state index is 12.0. The summed E-state index contributed by atoms with van der Waals surface area (Å²) in [6, 6.07) is 0. The summed E-state index contributed by atoms with van der Waals surface area (Å²) in [7, 11) is -2.06. The molecule has 4 N–H and O–H groups in total. The van der Waals surface area contributed by atoms with Gasteiger partial charge >= 0.3 is 0 Å². The third kappa shape index (κ3) is 3.09. The van der Waals surface area contributed by atoms with Gasteiger partial charge in [0.25, 0.3) is 10.0 Å². The molecule has 9 nitrogen and oxygen atoms in total. The van der Waals surface area contributed by atoms with Gasteiger partial charge in [0, 0.05) is 20.0 Å². The number of hydrogen-bond acceptors (Lipinski definition) is 6. The molecule has 0 atom stereocenters. The highest BCUT2D eigenvalue weighted by Crippen LogP contribution is 2.14. The number of aromatic amines is 1. The van der Waals surface area contributed by atoms with Crippen molar-refractivity contribution in [3.05, 3.63) is 18.5 Å². The summed E-state index contributed by atoms with van der Waals surface area (Å²) < 4.78 is 27.9. The van der Waals surface area contributed by atoms with Gasteiger partial charge in [0.15, 0.2) is 10.8 Å². The highest BCUT2D eigenvalue weighted by Gasteiger charge is 2.21. The molecule has 0 saturated heterocycles. The monoisotopic (exact) mass is 285 g/mol. The second kappa shape index (κ2) is 5.36. The average molecular weight is 285 g/mol. The molecule has 0 saturated carbocycles. The Morgan fingerprint density at radius 2 is 2.26 bits per heavy atom. The highest BCUT2D eigenvalue weighted by molar-refractivity contribution is 7.89. The van der Waals surface area contributed by atoms with E-state index in [1.54, 1.807) is 7.05 Å². The van der Waals surface area contributed by atoms with Crippen molar-refractivity contribution in [2.75, 3.05) is 12.3 Å². The maximum atomic E-state index is 12.0. The van der Waals surface area contributed by atoms with Crippen LogP contribution in [0.3, 0.4) is 0 Å². The number of H-pyrrole nitrogens is 1. The number of aryl methyl sites for hydroxylation is 2. The van der Waals surface area contributed by atoms with Crippen LogP contribution in [0.4, 0.5) is 5.82 Å². The fraction of sp³-hybridized carbons (Fsp3) is 0.444. The molecule has 0 bridgehead atoms. The number of imidazole rings is 1. The lowest BCUT2D eigenvalue weighted by Gasteiger charge is -2.07. The zero-order valence-corrected chi connectivity index (χ0v) is 11.2. The molecular formula is C9H15N7O2S. The molecule has 2 aromatic rings. The first-order valence-corrected chi connectivity index (χ1v) is 7.09. The number of aromatic nitrogens is 5. The van der Waals surface area contributed by atoms with E-state index < -0.39 is 10.0 Å². The van der Waals surface area contributed by atoms with Crippen molar-refractivity contribution in [1.29, 1.82) is 0 Å². The molecule has 0 amide bonds. The van der Waals surface area contributed by atoms with Crippen LogP contribution in [0.25, 0.3) is 0 Å². The summed E-state index contributed by atoms with van der Waals surface area (Å²) in [5, 5.41) is 6.40. The standard InChI is InChI=1S/C9H15N7O2S/c1-16-6-12-8(10)9(16)19(17,18)14-4-2-3-7-11-5-13-15-7/h5-6,14H,2-4,10H2,1H3,(H,11,13,15). The largest absolute Gasteiger partial charge is 0.381 e. The van der Waals surface area contributed by atoms with E-state index in [4.69, 9.17) is 5.73 Å². The van der Waals surface area contributed by atoms with E-state index in [-0.39, 0.29) is 17.4 Å². The molecule has 0 aromatic carbocycles. The Labute approximate surface area is 110 Å². The van der Waals surface area contributed by atoms with E-state index >= 15 is 0 Å². The van der Waals surface area contributed by atoms with Gasteiger partial charge in [-0.3, -0.25) is 5.10 Å². The molecule has 2 aromatic heterocycles. The van der Waals surface area contributed by atoms with Gasteiger partial charge in [-0.2, -0.15) is 5.10 Å². The summed E-state index contributed by atoms with van der Waals surface area (Å²) in [6.45, 7) is 0.285. The van der Waals surface area contributed by atoms with E-state index in [9.17, 15) is 8.42 Å². The number of nitrogens with one attached hydrogen (secondary N) is 2. The van der Waals surface area contributed by atoms with Crippen LogP contribution in [0.15, 0.2) is 17.7 Å². The summed E-state index contributed by atoms with van der Waals surface area (Å²) in [6.07, 6.45) is 3.99. The van der Waals surface area contributed by atoms with Gasteiger partial charge in [0.1, 0.15) is 12.2 Å². The van der Waals surface area contributed by atoms with Gasteiger partial charge in [0.2, 0.25) is 0 Å². The molecule has 19 heavy (non-hydrogen) atoms. The van der Waals surface area contributed by atoms with E-state index in [1.165, 1.54) is 17.2 Å². The van der Waals surface area contributed by atoms with Crippen LogP contribution in [0.1, 0.15) is 12.2 Å². The second-order valence-corrected chi connectivity index (χ2v) is 5.66. The lowest BCUT2D eigenvalue weighted by Crippen LogP contribution is -2.27. The molecule has 0 aliphatic carbocycles. The molecule has 0 aliphatic heterocycles. The Morgan fingerprint density at radius 3 is 2.84 bits per heavy atom. The Balaban J connectivity index is 1.92. The molecule has 2 heterocycles. The number of hydrogen-bond donors (Lipinski definition) is 3. The third-order valence-corrected chi connectivity index (χ3v) is 4.10. The number of nitrogen functional groups attached to an aromatic ring is 1. The van der Waals surface area contributed by atoms with Crippen molar-refractivity contribution < 1.29 is 8.42 Å². The van der Waals surface area contributed by atoms with E-state index in [0.29, 0.717) is 12.8 Å². The van der Waals surface area contributed by atoms with E-state index in [2.05, 4.69) is 24.9 Å². The first kappa shape index (κ1) is 13.5. The third-order valence-electron chi connectivity index (χ3n) is 2.51. The van der Waals surface area contributed by atoms with Crippen LogP contribution in [-0.4, -0.2) is 39.7 Å². The van der Waals surface area contributed by atoms with Gasteiger partial charge in [-0.05, 0) is 6.42 Å². The molecule has 0 fully saturated rings. The number of sulfonamides is 1. The van der Waals surface area contributed by atoms with Crippen molar-refractivity contribution in [1.82, 2.24) is 29.5 Å². The molecule has 0 aliphatic rings. The number of nitrogens with zero attached hydrogens (tertiary/aromatic N) is 4. The van der Waals surface area contributed by atoms with E-state index in [1.807, 2.05) is 0 Å². The van der Waals surface area contributed by atoms with Gasteiger partial charge < -0.3 is 10.3 Å². The molecule has 104 valence electrons. The fourth-order valence-corrected chi connectivity index (χ4v) is 2.95. The maximum Gasteiger partial charge on any atom is 0.260 e. The normalized spacial score (nSPS) is 11.8. The lowest BCUT2D eigenvalue weighted by atomic mass is 10.3.